The van der Waals surface area contributed by atoms with E-state index >= 15 is 0 Å². The van der Waals surface area contributed by atoms with Gasteiger partial charge >= 0.3 is 6.18 Å². The van der Waals surface area contributed by atoms with Crippen LogP contribution in [0.4, 0.5) is 13.2 Å². The number of halogens is 3. The molecule has 1 N–H and O–H groups in total. The highest BCUT2D eigenvalue weighted by atomic mass is 19.4. The van der Waals surface area contributed by atoms with Gasteiger partial charge in [0.2, 0.25) is 5.60 Å². The van der Waals surface area contributed by atoms with E-state index in [1.165, 1.54) is 10.8 Å². The van der Waals surface area contributed by atoms with Crippen LogP contribution in [0.2, 0.25) is 0 Å². The second-order valence-corrected chi connectivity index (χ2v) is 5.94. The molecule has 3 rings (SSSR count). The Labute approximate surface area is 130 Å². The van der Waals surface area contributed by atoms with Crippen LogP contribution in [-0.2, 0) is 12.0 Å². The van der Waals surface area contributed by atoms with Gasteiger partial charge in [-0.2, -0.15) is 18.4 Å². The van der Waals surface area contributed by atoms with Crippen LogP contribution in [0.25, 0.3) is 11.3 Å². The van der Waals surface area contributed by atoms with Crippen molar-refractivity contribution in [1.29, 1.82) is 5.26 Å². The topological polar surface area (TPSA) is 61.8 Å². The number of imidazole rings is 1. The fourth-order valence-electron chi connectivity index (χ4n) is 2.98. The molecule has 0 aliphatic carbocycles. The molecule has 1 aromatic heterocycles. The fraction of sp³-hybridized carbons (Fsp3) is 0.375. The molecule has 0 unspecified atom stereocenters. The van der Waals surface area contributed by atoms with Gasteiger partial charge in [-0.25, -0.2) is 4.98 Å². The monoisotopic (exact) mass is 321 g/mol. The van der Waals surface area contributed by atoms with Crippen LogP contribution in [0.3, 0.4) is 0 Å². The fourth-order valence-corrected chi connectivity index (χ4v) is 2.98. The first-order valence-electron chi connectivity index (χ1n) is 7.07. The molecule has 2 heterocycles. The van der Waals surface area contributed by atoms with Crippen molar-refractivity contribution in [3.8, 4) is 17.3 Å². The number of aromatic nitrogens is 2. The normalized spacial score (nSPS) is 19.4. The van der Waals surface area contributed by atoms with Crippen LogP contribution in [0, 0.1) is 11.3 Å². The first-order valence-corrected chi connectivity index (χ1v) is 7.07. The number of nitriles is 1. The summed E-state index contributed by atoms with van der Waals surface area (Å²) in [5.74, 6) is -0.414. The third kappa shape index (κ3) is 2.21. The Morgan fingerprint density at radius 1 is 1.39 bits per heavy atom. The molecule has 4 nitrogen and oxygen atoms in total. The first kappa shape index (κ1) is 15.6. The maximum absolute atomic E-state index is 13.1. The predicted octanol–water partition coefficient (Wildman–Crippen LogP) is 3.31. The van der Waals surface area contributed by atoms with Gasteiger partial charge in [-0.15, -0.1) is 0 Å². The molecule has 0 fully saturated rings. The minimum atomic E-state index is -4.82. The molecule has 0 saturated heterocycles. The summed E-state index contributed by atoms with van der Waals surface area (Å²) in [5, 5.41) is 18.9. The van der Waals surface area contributed by atoms with Gasteiger partial charge in [0.15, 0.2) is 5.82 Å². The lowest BCUT2D eigenvalue weighted by molar-refractivity contribution is -0.262. The predicted molar refractivity (Wildman–Crippen MR) is 76.4 cm³/mol. The van der Waals surface area contributed by atoms with E-state index in [9.17, 15) is 18.3 Å². The highest BCUT2D eigenvalue weighted by Gasteiger charge is 2.54. The molecule has 1 aromatic carbocycles. The second-order valence-electron chi connectivity index (χ2n) is 5.94. The van der Waals surface area contributed by atoms with E-state index in [-0.39, 0.29) is 6.04 Å². The molecule has 0 amide bonds. The molecule has 120 valence electrons. The third-order valence-electron chi connectivity index (χ3n) is 4.25. The molecule has 2 aromatic rings. The summed E-state index contributed by atoms with van der Waals surface area (Å²) in [6, 6.07) is 6.81. The Balaban J connectivity index is 2.20. The number of benzene rings is 1. The maximum Gasteiger partial charge on any atom is 0.424 e. The van der Waals surface area contributed by atoms with Crippen LogP contribution in [0.5, 0.6) is 0 Å². The lowest BCUT2D eigenvalue weighted by atomic mass is 9.92. The number of rotatable bonds is 1. The van der Waals surface area contributed by atoms with Crippen molar-refractivity contribution in [3.05, 3.63) is 41.3 Å². The molecule has 2 atom stereocenters. The molecule has 0 bridgehead atoms. The van der Waals surface area contributed by atoms with Gasteiger partial charge in [-0.05, 0) is 38.0 Å². The van der Waals surface area contributed by atoms with Gasteiger partial charge in [0.25, 0.3) is 0 Å². The molecular weight excluding hydrogens is 307 g/mol. The number of fused-ring (bicyclic) bond motifs is 3. The summed E-state index contributed by atoms with van der Waals surface area (Å²) >= 11 is 0. The summed E-state index contributed by atoms with van der Waals surface area (Å²) in [5.41, 5.74) is -0.376. The van der Waals surface area contributed by atoms with E-state index in [1.807, 2.05) is 0 Å². The van der Waals surface area contributed by atoms with Crippen LogP contribution in [-0.4, -0.2) is 20.8 Å². The summed E-state index contributed by atoms with van der Waals surface area (Å²) in [4.78, 5) is 3.86. The minimum Gasteiger partial charge on any atom is -0.374 e. The Morgan fingerprint density at radius 3 is 2.70 bits per heavy atom. The van der Waals surface area contributed by atoms with E-state index in [1.54, 1.807) is 25.1 Å². The number of hydrogen-bond acceptors (Lipinski definition) is 3. The third-order valence-corrected chi connectivity index (χ3v) is 4.25. The van der Waals surface area contributed by atoms with Crippen molar-refractivity contribution in [2.45, 2.75) is 38.1 Å². The highest BCUT2D eigenvalue weighted by Crippen LogP contribution is 2.43. The lowest BCUT2D eigenvalue weighted by Gasteiger charge is -2.32. The van der Waals surface area contributed by atoms with Crippen molar-refractivity contribution in [1.82, 2.24) is 9.55 Å². The lowest BCUT2D eigenvalue weighted by Crippen LogP contribution is -2.42. The van der Waals surface area contributed by atoms with Gasteiger partial charge in [-0.3, -0.25) is 0 Å². The van der Waals surface area contributed by atoms with Crippen molar-refractivity contribution in [2.75, 3.05) is 0 Å². The molecule has 0 radical (unpaired) electrons. The van der Waals surface area contributed by atoms with Gasteiger partial charge in [-0.1, -0.05) is 6.07 Å². The zero-order valence-corrected chi connectivity index (χ0v) is 12.5. The Hall–Kier alpha value is -2.33. The van der Waals surface area contributed by atoms with Crippen LogP contribution in [0.15, 0.2) is 24.4 Å². The first-order chi connectivity index (χ1) is 10.7. The summed E-state index contributed by atoms with van der Waals surface area (Å²) in [7, 11) is 0. The van der Waals surface area contributed by atoms with Gasteiger partial charge < -0.3 is 9.67 Å². The number of nitrogens with zero attached hydrogens (tertiary/aromatic N) is 3. The van der Waals surface area contributed by atoms with Crippen LogP contribution < -0.4 is 0 Å². The second kappa shape index (κ2) is 4.83. The Kier molecular flexibility index (Phi) is 3.27. The summed E-state index contributed by atoms with van der Waals surface area (Å²) in [6.07, 6.45) is -3.01. The van der Waals surface area contributed by atoms with Crippen LogP contribution in [0.1, 0.15) is 36.8 Å². The van der Waals surface area contributed by atoms with Gasteiger partial charge in [0.05, 0.1) is 23.5 Å². The molecular formula is C16H14F3N3O. The summed E-state index contributed by atoms with van der Waals surface area (Å²) in [6.45, 7) is 2.48. The molecule has 0 saturated carbocycles. The Bertz CT molecular complexity index is 815. The zero-order valence-electron chi connectivity index (χ0n) is 12.5. The van der Waals surface area contributed by atoms with E-state index < -0.39 is 17.6 Å². The largest absolute Gasteiger partial charge is 0.424 e. The average Bonchev–Trinajstić information content (AvgIpc) is 2.91. The molecule has 23 heavy (non-hydrogen) atoms. The standard InChI is InChI=1S/C16H14F3N3O/c1-9-5-11-6-10(7-20)3-4-12(11)13-8-21-14(22(9)13)15(2,23)16(17,18)19/h3-4,6,8-9,23H,5H2,1-2H3/t9-,15+/m0/s1. The van der Waals surface area contributed by atoms with Crippen molar-refractivity contribution in [2.24, 2.45) is 0 Å². The van der Waals surface area contributed by atoms with E-state index in [0.29, 0.717) is 24.6 Å². The Morgan fingerprint density at radius 2 is 2.09 bits per heavy atom. The smallest absolute Gasteiger partial charge is 0.374 e. The number of hydrogen-bond donors (Lipinski definition) is 1. The quantitative estimate of drug-likeness (QED) is 0.876. The molecule has 0 spiro atoms. The average molecular weight is 321 g/mol. The molecule has 1 aliphatic heterocycles. The van der Waals surface area contributed by atoms with Crippen LogP contribution >= 0.6 is 0 Å². The number of aliphatic hydroxyl groups is 1. The number of alkyl halides is 3. The van der Waals surface area contributed by atoms with Crippen molar-refractivity contribution < 1.29 is 18.3 Å². The summed E-state index contributed by atoms with van der Waals surface area (Å²) < 4.78 is 40.9. The van der Waals surface area contributed by atoms with E-state index in [0.717, 1.165) is 11.1 Å². The van der Waals surface area contributed by atoms with Gasteiger partial charge in [0.1, 0.15) is 0 Å². The SMILES string of the molecule is C[C@H]1Cc2cc(C#N)ccc2-c2cnc([C@@](C)(O)C(F)(F)F)n21. The molecule has 1 aliphatic rings. The van der Waals surface area contributed by atoms with E-state index in [2.05, 4.69) is 11.1 Å². The highest BCUT2D eigenvalue weighted by molar-refractivity contribution is 5.67. The maximum atomic E-state index is 13.1. The van der Waals surface area contributed by atoms with Crippen molar-refractivity contribution in [3.63, 3.8) is 0 Å². The zero-order chi connectivity index (χ0) is 17.0. The van der Waals surface area contributed by atoms with Crippen molar-refractivity contribution >= 4 is 0 Å². The van der Waals surface area contributed by atoms with E-state index in [4.69, 9.17) is 5.26 Å². The minimum absolute atomic E-state index is 0.308. The van der Waals surface area contributed by atoms with Gasteiger partial charge in [0, 0.05) is 11.6 Å². The molecule has 7 heteroatoms.